The Morgan fingerprint density at radius 1 is 1.32 bits per heavy atom. The maximum Gasteiger partial charge on any atom is 0.286 e. The standard InChI is InChI=1S/C16H16Cl2N2OS/c1-10-4-6-20(7-5-10)16-19-15(21)14(22-16)8-11-2-3-12(17)9-13(11)18/h2-3,8-10H,4-7H2,1H3. The van der Waals surface area contributed by atoms with Crippen molar-refractivity contribution >= 4 is 52.1 Å². The summed E-state index contributed by atoms with van der Waals surface area (Å²) in [5.74, 6) is 0.562. The van der Waals surface area contributed by atoms with Crippen molar-refractivity contribution < 1.29 is 4.79 Å². The highest BCUT2D eigenvalue weighted by Gasteiger charge is 2.28. The summed E-state index contributed by atoms with van der Waals surface area (Å²) in [4.78, 5) is 19.1. The van der Waals surface area contributed by atoms with Crippen LogP contribution >= 0.6 is 35.0 Å². The molecule has 0 aromatic heterocycles. The first-order chi connectivity index (χ1) is 10.5. The third kappa shape index (κ3) is 3.50. The Kier molecular flexibility index (Phi) is 4.81. The second-order valence-corrected chi connectivity index (χ2v) is 7.50. The Morgan fingerprint density at radius 3 is 2.73 bits per heavy atom. The second kappa shape index (κ2) is 6.65. The molecule has 2 aliphatic rings. The SMILES string of the molecule is CC1CCN(C2=NC(=O)C(=Cc3ccc(Cl)cc3Cl)S2)CC1. The maximum atomic E-state index is 12.1. The number of amides is 1. The fourth-order valence-electron chi connectivity index (χ4n) is 2.49. The number of piperidine rings is 1. The van der Waals surface area contributed by atoms with Gasteiger partial charge in [-0.3, -0.25) is 4.79 Å². The number of hydrogen-bond donors (Lipinski definition) is 0. The summed E-state index contributed by atoms with van der Waals surface area (Å²) in [5.41, 5.74) is 0.783. The number of amidine groups is 1. The number of carbonyl (C=O) groups excluding carboxylic acids is 1. The predicted molar refractivity (Wildman–Crippen MR) is 94.4 cm³/mol. The van der Waals surface area contributed by atoms with Crippen molar-refractivity contribution in [2.45, 2.75) is 19.8 Å². The normalized spacial score (nSPS) is 21.6. The van der Waals surface area contributed by atoms with Crippen LogP contribution in [0.4, 0.5) is 0 Å². The third-order valence-electron chi connectivity index (χ3n) is 3.91. The minimum atomic E-state index is -0.190. The zero-order valence-electron chi connectivity index (χ0n) is 12.2. The van der Waals surface area contributed by atoms with Crippen LogP contribution in [0.15, 0.2) is 28.1 Å². The number of thioether (sulfide) groups is 1. The van der Waals surface area contributed by atoms with Crippen LogP contribution in [0.3, 0.4) is 0 Å². The molecule has 0 N–H and O–H groups in total. The van der Waals surface area contributed by atoms with Gasteiger partial charge in [-0.1, -0.05) is 36.2 Å². The smallest absolute Gasteiger partial charge is 0.286 e. The molecule has 0 aliphatic carbocycles. The van der Waals surface area contributed by atoms with Crippen molar-refractivity contribution in [3.8, 4) is 0 Å². The lowest BCUT2D eigenvalue weighted by atomic mass is 10.00. The number of benzene rings is 1. The van der Waals surface area contributed by atoms with Gasteiger partial charge in [-0.2, -0.15) is 4.99 Å². The van der Waals surface area contributed by atoms with Gasteiger partial charge in [0.15, 0.2) is 5.17 Å². The molecular formula is C16H16Cl2N2OS. The average Bonchev–Trinajstić information content (AvgIpc) is 2.84. The average molecular weight is 355 g/mol. The number of carbonyl (C=O) groups is 1. The summed E-state index contributed by atoms with van der Waals surface area (Å²) in [6.07, 6.45) is 4.08. The van der Waals surface area contributed by atoms with Gasteiger partial charge in [-0.15, -0.1) is 0 Å². The minimum absolute atomic E-state index is 0.190. The molecule has 0 saturated carbocycles. The molecule has 2 aliphatic heterocycles. The van der Waals surface area contributed by atoms with E-state index in [9.17, 15) is 4.79 Å². The Morgan fingerprint density at radius 2 is 2.05 bits per heavy atom. The van der Waals surface area contributed by atoms with E-state index in [-0.39, 0.29) is 5.91 Å². The summed E-state index contributed by atoms with van der Waals surface area (Å²) < 4.78 is 0. The van der Waals surface area contributed by atoms with Crippen molar-refractivity contribution in [3.63, 3.8) is 0 Å². The molecular weight excluding hydrogens is 339 g/mol. The highest BCUT2D eigenvalue weighted by Crippen LogP contribution is 2.33. The summed E-state index contributed by atoms with van der Waals surface area (Å²) in [6.45, 7) is 4.20. The van der Waals surface area contributed by atoms with Gasteiger partial charge < -0.3 is 4.90 Å². The van der Waals surface area contributed by atoms with Gasteiger partial charge in [-0.05, 0) is 54.3 Å². The summed E-state index contributed by atoms with van der Waals surface area (Å²) in [5, 5.41) is 1.93. The molecule has 0 spiro atoms. The van der Waals surface area contributed by atoms with E-state index in [1.54, 1.807) is 18.2 Å². The molecule has 6 heteroatoms. The zero-order chi connectivity index (χ0) is 15.7. The topological polar surface area (TPSA) is 32.7 Å². The molecule has 22 heavy (non-hydrogen) atoms. The van der Waals surface area contributed by atoms with E-state index >= 15 is 0 Å². The van der Waals surface area contributed by atoms with Crippen LogP contribution < -0.4 is 0 Å². The summed E-state index contributed by atoms with van der Waals surface area (Å²) >= 11 is 13.5. The van der Waals surface area contributed by atoms with Crippen LogP contribution in [-0.2, 0) is 4.79 Å². The quantitative estimate of drug-likeness (QED) is 0.685. The molecule has 3 nitrogen and oxygen atoms in total. The highest BCUT2D eigenvalue weighted by molar-refractivity contribution is 8.18. The lowest BCUT2D eigenvalue weighted by molar-refractivity contribution is -0.113. The summed E-state index contributed by atoms with van der Waals surface area (Å²) in [7, 11) is 0. The van der Waals surface area contributed by atoms with Gasteiger partial charge in [0.1, 0.15) is 0 Å². The van der Waals surface area contributed by atoms with E-state index in [1.807, 2.05) is 6.07 Å². The first-order valence-corrected chi connectivity index (χ1v) is 8.83. The Hall–Kier alpha value is -0.970. The Bertz CT molecular complexity index is 664. The number of aliphatic imine (C=N–C) groups is 1. The van der Waals surface area contributed by atoms with Crippen molar-refractivity contribution in [3.05, 3.63) is 38.7 Å². The van der Waals surface area contributed by atoms with E-state index in [0.717, 1.165) is 42.6 Å². The van der Waals surface area contributed by atoms with E-state index in [2.05, 4.69) is 16.8 Å². The van der Waals surface area contributed by atoms with Gasteiger partial charge >= 0.3 is 0 Å². The van der Waals surface area contributed by atoms with Crippen molar-refractivity contribution in [1.82, 2.24) is 4.90 Å². The summed E-state index contributed by atoms with van der Waals surface area (Å²) in [6, 6.07) is 5.25. The first-order valence-electron chi connectivity index (χ1n) is 7.25. The van der Waals surface area contributed by atoms with Crippen molar-refractivity contribution in [2.24, 2.45) is 10.9 Å². The van der Waals surface area contributed by atoms with Crippen LogP contribution in [-0.4, -0.2) is 29.1 Å². The van der Waals surface area contributed by atoms with Gasteiger partial charge in [-0.25, -0.2) is 0 Å². The fraction of sp³-hybridized carbons (Fsp3) is 0.375. The first kappa shape index (κ1) is 15.9. The molecule has 3 rings (SSSR count). The number of rotatable bonds is 1. The van der Waals surface area contributed by atoms with Crippen LogP contribution in [0.2, 0.25) is 10.0 Å². The monoisotopic (exact) mass is 354 g/mol. The molecule has 1 aromatic rings. The van der Waals surface area contributed by atoms with Crippen molar-refractivity contribution in [1.29, 1.82) is 0 Å². The maximum absolute atomic E-state index is 12.1. The third-order valence-corrected chi connectivity index (χ3v) is 5.52. The number of hydrogen-bond acceptors (Lipinski definition) is 3. The number of likely N-dealkylation sites (tertiary alicyclic amines) is 1. The highest BCUT2D eigenvalue weighted by atomic mass is 35.5. The van der Waals surface area contributed by atoms with E-state index in [0.29, 0.717) is 15.0 Å². The predicted octanol–water partition coefficient (Wildman–Crippen LogP) is 4.70. The van der Waals surface area contributed by atoms with E-state index in [4.69, 9.17) is 23.2 Å². The molecule has 1 amide bonds. The molecule has 1 saturated heterocycles. The second-order valence-electron chi connectivity index (χ2n) is 5.65. The van der Waals surface area contributed by atoms with E-state index < -0.39 is 0 Å². The Balaban J connectivity index is 1.75. The van der Waals surface area contributed by atoms with Crippen LogP contribution in [0.25, 0.3) is 6.08 Å². The van der Waals surface area contributed by atoms with Crippen LogP contribution in [0.1, 0.15) is 25.3 Å². The zero-order valence-corrected chi connectivity index (χ0v) is 14.5. The van der Waals surface area contributed by atoms with Crippen molar-refractivity contribution in [2.75, 3.05) is 13.1 Å². The van der Waals surface area contributed by atoms with Crippen LogP contribution in [0.5, 0.6) is 0 Å². The molecule has 0 unspecified atom stereocenters. The number of nitrogens with zero attached hydrogens (tertiary/aromatic N) is 2. The van der Waals surface area contributed by atoms with Gasteiger partial charge in [0.2, 0.25) is 0 Å². The molecule has 1 aromatic carbocycles. The molecule has 116 valence electrons. The molecule has 0 bridgehead atoms. The largest absolute Gasteiger partial charge is 0.351 e. The molecule has 0 radical (unpaired) electrons. The van der Waals surface area contributed by atoms with E-state index in [1.165, 1.54) is 11.8 Å². The molecule has 0 atom stereocenters. The lowest BCUT2D eigenvalue weighted by Crippen LogP contribution is -2.35. The van der Waals surface area contributed by atoms with Gasteiger partial charge in [0.25, 0.3) is 5.91 Å². The van der Waals surface area contributed by atoms with Gasteiger partial charge in [0, 0.05) is 23.1 Å². The lowest BCUT2D eigenvalue weighted by Gasteiger charge is -2.30. The Labute approximate surface area is 144 Å². The van der Waals surface area contributed by atoms with Gasteiger partial charge in [0.05, 0.1) is 4.91 Å². The van der Waals surface area contributed by atoms with Crippen LogP contribution in [0, 0.1) is 5.92 Å². The molecule has 2 heterocycles. The minimum Gasteiger partial charge on any atom is -0.351 e. The molecule has 1 fully saturated rings. The fourth-order valence-corrected chi connectivity index (χ4v) is 3.91. The number of halogens is 2.